The van der Waals surface area contributed by atoms with Crippen molar-refractivity contribution in [1.82, 2.24) is 20.3 Å². The molecule has 1 aliphatic rings. The Morgan fingerprint density at radius 1 is 1.44 bits per heavy atom. The van der Waals surface area contributed by atoms with Crippen LogP contribution in [0.5, 0.6) is 0 Å². The van der Waals surface area contributed by atoms with E-state index in [1.807, 2.05) is 10.9 Å². The molecule has 102 valence electrons. The lowest BCUT2D eigenvalue weighted by molar-refractivity contribution is 0.205. The molecule has 0 amide bonds. The van der Waals surface area contributed by atoms with Crippen molar-refractivity contribution in [2.45, 2.75) is 58.2 Å². The van der Waals surface area contributed by atoms with Crippen molar-refractivity contribution >= 4 is 0 Å². The average Bonchev–Trinajstić information content (AvgIpc) is 2.94. The fourth-order valence-electron chi connectivity index (χ4n) is 2.47. The van der Waals surface area contributed by atoms with Gasteiger partial charge in [-0.2, -0.15) is 0 Å². The summed E-state index contributed by atoms with van der Waals surface area (Å²) in [7, 11) is 0. The van der Waals surface area contributed by atoms with Crippen LogP contribution in [0.4, 0.5) is 0 Å². The zero-order chi connectivity index (χ0) is 13.2. The van der Waals surface area contributed by atoms with Crippen LogP contribution in [0.3, 0.4) is 0 Å². The first-order valence-electron chi connectivity index (χ1n) is 6.76. The van der Waals surface area contributed by atoms with Crippen LogP contribution < -0.4 is 5.32 Å². The van der Waals surface area contributed by atoms with Crippen LogP contribution in [0.15, 0.2) is 6.20 Å². The second kappa shape index (κ2) is 5.36. The van der Waals surface area contributed by atoms with Crippen molar-refractivity contribution in [3.05, 3.63) is 11.9 Å². The zero-order valence-electron chi connectivity index (χ0n) is 11.6. The van der Waals surface area contributed by atoms with Crippen LogP contribution >= 0.6 is 0 Å². The Bertz CT molecular complexity index is 383. The first-order valence-corrected chi connectivity index (χ1v) is 6.76. The van der Waals surface area contributed by atoms with Gasteiger partial charge in [-0.05, 0) is 39.5 Å². The first kappa shape index (κ1) is 13.5. The molecule has 5 heteroatoms. The fraction of sp³-hybridized carbons (Fsp3) is 0.846. The Balaban J connectivity index is 1.89. The lowest BCUT2D eigenvalue weighted by Gasteiger charge is -2.18. The van der Waals surface area contributed by atoms with E-state index in [4.69, 9.17) is 0 Å². The average molecular weight is 252 g/mol. The van der Waals surface area contributed by atoms with E-state index in [0.29, 0.717) is 12.0 Å². The van der Waals surface area contributed by atoms with Crippen molar-refractivity contribution in [2.24, 2.45) is 5.92 Å². The van der Waals surface area contributed by atoms with Gasteiger partial charge in [0.2, 0.25) is 0 Å². The van der Waals surface area contributed by atoms with Crippen LogP contribution in [0.1, 0.15) is 45.7 Å². The zero-order valence-corrected chi connectivity index (χ0v) is 11.6. The standard InChI is InChI=1S/C13H24N4O/c1-13(2,3)17-8-11(15-16-17)7-14-12-6-4-5-10(12)9-18/h8,10,12,14,18H,4-7,9H2,1-3H3. The summed E-state index contributed by atoms with van der Waals surface area (Å²) in [6, 6.07) is 0.426. The number of aliphatic hydroxyl groups excluding tert-OH is 1. The predicted octanol–water partition coefficient (Wildman–Crippen LogP) is 1.28. The van der Waals surface area contributed by atoms with Crippen molar-refractivity contribution in [2.75, 3.05) is 6.61 Å². The molecule has 1 aliphatic carbocycles. The summed E-state index contributed by atoms with van der Waals surface area (Å²) in [5, 5.41) is 21.1. The van der Waals surface area contributed by atoms with Crippen LogP contribution in [-0.2, 0) is 12.1 Å². The third-order valence-corrected chi connectivity index (χ3v) is 3.67. The molecule has 0 aliphatic heterocycles. The van der Waals surface area contributed by atoms with Gasteiger partial charge in [0, 0.05) is 19.2 Å². The third-order valence-electron chi connectivity index (χ3n) is 3.67. The number of nitrogens with one attached hydrogen (secondary N) is 1. The largest absolute Gasteiger partial charge is 0.396 e. The van der Waals surface area contributed by atoms with Crippen molar-refractivity contribution in [3.8, 4) is 0 Å². The van der Waals surface area contributed by atoms with E-state index in [2.05, 4.69) is 36.4 Å². The topological polar surface area (TPSA) is 63.0 Å². The van der Waals surface area contributed by atoms with Gasteiger partial charge in [0.1, 0.15) is 0 Å². The summed E-state index contributed by atoms with van der Waals surface area (Å²) in [5.74, 6) is 0.405. The Kier molecular flexibility index (Phi) is 4.02. The summed E-state index contributed by atoms with van der Waals surface area (Å²) in [6.07, 6.45) is 5.48. The molecule has 1 aromatic heterocycles. The van der Waals surface area contributed by atoms with Crippen molar-refractivity contribution in [3.63, 3.8) is 0 Å². The maximum atomic E-state index is 9.27. The third kappa shape index (κ3) is 3.09. The van der Waals surface area contributed by atoms with Gasteiger partial charge in [0.25, 0.3) is 0 Å². The summed E-state index contributed by atoms with van der Waals surface area (Å²) < 4.78 is 1.89. The monoisotopic (exact) mass is 252 g/mol. The van der Waals surface area contributed by atoms with Gasteiger partial charge in [-0.3, -0.25) is 0 Å². The molecule has 2 unspecified atom stereocenters. The van der Waals surface area contributed by atoms with Crippen molar-refractivity contribution in [1.29, 1.82) is 0 Å². The number of hydrogen-bond donors (Lipinski definition) is 2. The molecule has 1 heterocycles. The molecule has 0 spiro atoms. The van der Waals surface area contributed by atoms with Crippen molar-refractivity contribution < 1.29 is 5.11 Å². The minimum Gasteiger partial charge on any atom is -0.396 e. The van der Waals surface area contributed by atoms with Gasteiger partial charge in [-0.1, -0.05) is 11.6 Å². The lowest BCUT2D eigenvalue weighted by Crippen LogP contribution is -2.33. The molecule has 0 aromatic carbocycles. The van der Waals surface area contributed by atoms with Crippen LogP contribution in [-0.4, -0.2) is 32.7 Å². The maximum Gasteiger partial charge on any atom is 0.0965 e. The van der Waals surface area contributed by atoms with E-state index in [9.17, 15) is 5.11 Å². The molecule has 1 saturated carbocycles. The Labute approximate surface area is 109 Å². The second-order valence-electron chi connectivity index (χ2n) is 6.19. The summed E-state index contributed by atoms with van der Waals surface area (Å²) in [4.78, 5) is 0. The van der Waals surface area contributed by atoms with Crippen LogP contribution in [0.2, 0.25) is 0 Å². The molecule has 2 N–H and O–H groups in total. The summed E-state index contributed by atoms with van der Waals surface area (Å²) in [5.41, 5.74) is 0.945. The molecule has 18 heavy (non-hydrogen) atoms. The minimum absolute atomic E-state index is 0.0216. The maximum absolute atomic E-state index is 9.27. The van der Waals surface area contributed by atoms with Crippen LogP contribution in [0.25, 0.3) is 0 Å². The van der Waals surface area contributed by atoms with Gasteiger partial charge >= 0.3 is 0 Å². The van der Waals surface area contributed by atoms with Gasteiger partial charge in [-0.15, -0.1) is 5.10 Å². The molecule has 0 radical (unpaired) electrons. The molecule has 0 bridgehead atoms. The minimum atomic E-state index is -0.0216. The molecule has 5 nitrogen and oxygen atoms in total. The predicted molar refractivity (Wildman–Crippen MR) is 70.1 cm³/mol. The van der Waals surface area contributed by atoms with Gasteiger partial charge < -0.3 is 10.4 Å². The highest BCUT2D eigenvalue weighted by atomic mass is 16.3. The van der Waals surface area contributed by atoms with Gasteiger partial charge in [0.15, 0.2) is 0 Å². The fourth-order valence-corrected chi connectivity index (χ4v) is 2.47. The quantitative estimate of drug-likeness (QED) is 0.847. The molecule has 0 saturated heterocycles. The first-order chi connectivity index (χ1) is 8.50. The molecule has 1 aromatic rings. The van der Waals surface area contributed by atoms with Gasteiger partial charge in [0.05, 0.1) is 17.4 Å². The van der Waals surface area contributed by atoms with E-state index < -0.39 is 0 Å². The van der Waals surface area contributed by atoms with E-state index in [0.717, 1.165) is 25.1 Å². The summed E-state index contributed by atoms with van der Waals surface area (Å²) >= 11 is 0. The lowest BCUT2D eigenvalue weighted by atomic mass is 10.1. The smallest absolute Gasteiger partial charge is 0.0965 e. The molecular formula is C13H24N4O. The number of hydrogen-bond acceptors (Lipinski definition) is 4. The number of rotatable bonds is 4. The normalized spacial score (nSPS) is 24.7. The molecule has 1 fully saturated rings. The van der Waals surface area contributed by atoms with Crippen LogP contribution in [0, 0.1) is 5.92 Å². The number of aliphatic hydroxyl groups is 1. The summed E-state index contributed by atoms with van der Waals surface area (Å²) in [6.45, 7) is 7.34. The Morgan fingerprint density at radius 3 is 2.83 bits per heavy atom. The number of aromatic nitrogens is 3. The Morgan fingerprint density at radius 2 is 2.22 bits per heavy atom. The van der Waals surface area contributed by atoms with E-state index >= 15 is 0 Å². The molecular weight excluding hydrogens is 228 g/mol. The molecule has 2 rings (SSSR count). The Hall–Kier alpha value is -0.940. The number of nitrogens with zero attached hydrogens (tertiary/aromatic N) is 3. The SMILES string of the molecule is CC(C)(C)n1cc(CNC2CCCC2CO)nn1. The van der Waals surface area contributed by atoms with Gasteiger partial charge in [-0.25, -0.2) is 4.68 Å². The highest BCUT2D eigenvalue weighted by Gasteiger charge is 2.26. The van der Waals surface area contributed by atoms with E-state index in [1.165, 1.54) is 6.42 Å². The highest BCUT2D eigenvalue weighted by molar-refractivity contribution is 4.95. The van der Waals surface area contributed by atoms with E-state index in [1.54, 1.807) is 0 Å². The van der Waals surface area contributed by atoms with E-state index in [-0.39, 0.29) is 12.1 Å². The highest BCUT2D eigenvalue weighted by Crippen LogP contribution is 2.25. The molecule has 2 atom stereocenters. The second-order valence-corrected chi connectivity index (χ2v) is 6.19.